The van der Waals surface area contributed by atoms with Crippen molar-refractivity contribution < 1.29 is 0 Å². The molecule has 154 valence electrons. The van der Waals surface area contributed by atoms with Crippen LogP contribution in [0.1, 0.15) is 19.3 Å². The first-order valence-electron chi connectivity index (χ1n) is 10.5. The molecule has 0 bridgehead atoms. The molecule has 0 saturated carbocycles. The van der Waals surface area contributed by atoms with Gasteiger partial charge in [0.1, 0.15) is 5.69 Å². The van der Waals surface area contributed by atoms with Crippen molar-refractivity contribution in [1.82, 2.24) is 30.1 Å². The third-order valence-electron chi connectivity index (χ3n) is 5.98. The van der Waals surface area contributed by atoms with E-state index < -0.39 is 0 Å². The van der Waals surface area contributed by atoms with E-state index in [-0.39, 0.29) is 0 Å². The number of H-pyrrole nitrogens is 2. The van der Waals surface area contributed by atoms with E-state index >= 15 is 0 Å². The topological polar surface area (TPSA) is 112 Å². The van der Waals surface area contributed by atoms with Gasteiger partial charge in [-0.25, -0.2) is 0 Å². The molecule has 6 rings (SSSR count). The molecule has 1 aliphatic rings. The van der Waals surface area contributed by atoms with E-state index in [0.717, 1.165) is 52.2 Å². The van der Waals surface area contributed by atoms with Crippen LogP contribution >= 0.6 is 0 Å². The standard InChI is InChI=1S/C23H22N8/c24-15-6-14(9-25-10-15)18-8-17-21(12-27-18)29-30-23(17)19-7-16-20(28-19)11-26-13-22(16)31-4-2-1-3-5-31/h6-13,28H,1-5,24H2,(H,29,30). The number of fused-ring (bicyclic) bond motifs is 2. The number of nitrogens with one attached hydrogen (secondary N) is 2. The maximum atomic E-state index is 5.90. The largest absolute Gasteiger partial charge is 0.397 e. The number of nitrogens with zero attached hydrogens (tertiary/aromatic N) is 5. The fourth-order valence-electron chi connectivity index (χ4n) is 4.43. The van der Waals surface area contributed by atoms with Crippen molar-refractivity contribution in [3.63, 3.8) is 0 Å². The van der Waals surface area contributed by atoms with Crippen LogP contribution in [0.25, 0.3) is 44.5 Å². The summed E-state index contributed by atoms with van der Waals surface area (Å²) < 4.78 is 0. The quantitative estimate of drug-likeness (QED) is 0.412. The van der Waals surface area contributed by atoms with Gasteiger partial charge in [0.2, 0.25) is 0 Å². The zero-order chi connectivity index (χ0) is 20.8. The molecule has 0 aromatic carbocycles. The van der Waals surface area contributed by atoms with Crippen molar-refractivity contribution in [2.45, 2.75) is 19.3 Å². The number of pyridine rings is 3. The summed E-state index contributed by atoms with van der Waals surface area (Å²) in [5.74, 6) is 0. The van der Waals surface area contributed by atoms with Crippen molar-refractivity contribution in [2.24, 2.45) is 0 Å². The molecular weight excluding hydrogens is 388 g/mol. The summed E-state index contributed by atoms with van der Waals surface area (Å²) in [6.45, 7) is 2.16. The summed E-state index contributed by atoms with van der Waals surface area (Å²) in [4.78, 5) is 19.2. The van der Waals surface area contributed by atoms with E-state index in [1.807, 2.05) is 24.5 Å². The van der Waals surface area contributed by atoms with Gasteiger partial charge in [-0.1, -0.05) is 0 Å². The number of aromatic nitrogens is 6. The number of anilines is 2. The maximum Gasteiger partial charge on any atom is 0.116 e. The first kappa shape index (κ1) is 17.9. The molecule has 31 heavy (non-hydrogen) atoms. The van der Waals surface area contributed by atoms with Crippen molar-refractivity contribution in [3.8, 4) is 22.6 Å². The molecule has 1 saturated heterocycles. The zero-order valence-corrected chi connectivity index (χ0v) is 17.0. The van der Waals surface area contributed by atoms with Crippen molar-refractivity contribution in [2.75, 3.05) is 23.7 Å². The van der Waals surface area contributed by atoms with Crippen LogP contribution in [0, 0.1) is 0 Å². The molecule has 0 amide bonds. The number of nitrogens with two attached hydrogens (primary N) is 1. The molecule has 8 heteroatoms. The van der Waals surface area contributed by atoms with Gasteiger partial charge >= 0.3 is 0 Å². The predicted octanol–water partition coefficient (Wildman–Crippen LogP) is 4.14. The number of nitrogen functional groups attached to an aromatic ring is 1. The highest BCUT2D eigenvalue weighted by molar-refractivity contribution is 6.00. The predicted molar refractivity (Wildman–Crippen MR) is 123 cm³/mol. The third-order valence-corrected chi connectivity index (χ3v) is 5.98. The Labute approximate surface area is 178 Å². The Bertz CT molecular complexity index is 1390. The fraction of sp³-hybridized carbons (Fsp3) is 0.217. The summed E-state index contributed by atoms with van der Waals surface area (Å²) in [5.41, 5.74) is 13.1. The summed E-state index contributed by atoms with van der Waals surface area (Å²) >= 11 is 0. The monoisotopic (exact) mass is 410 g/mol. The number of hydrogen-bond donors (Lipinski definition) is 3. The van der Waals surface area contributed by atoms with Crippen LogP contribution in [0.15, 0.2) is 49.2 Å². The molecule has 0 aliphatic carbocycles. The lowest BCUT2D eigenvalue weighted by Crippen LogP contribution is -2.29. The molecule has 0 unspecified atom stereocenters. The van der Waals surface area contributed by atoms with Crippen LogP contribution < -0.4 is 10.6 Å². The fourth-order valence-corrected chi connectivity index (χ4v) is 4.43. The van der Waals surface area contributed by atoms with Gasteiger partial charge < -0.3 is 15.6 Å². The lowest BCUT2D eigenvalue weighted by Gasteiger charge is -2.28. The molecule has 0 spiro atoms. The summed E-state index contributed by atoms with van der Waals surface area (Å²) in [7, 11) is 0. The Morgan fingerprint density at radius 1 is 0.839 bits per heavy atom. The summed E-state index contributed by atoms with van der Waals surface area (Å²) in [6, 6.07) is 6.08. The Hall–Kier alpha value is -3.94. The highest BCUT2D eigenvalue weighted by atomic mass is 15.1. The molecular formula is C23H22N8. The van der Waals surface area contributed by atoms with E-state index in [0.29, 0.717) is 5.69 Å². The second-order valence-electron chi connectivity index (χ2n) is 8.04. The van der Waals surface area contributed by atoms with Gasteiger partial charge in [-0.15, -0.1) is 0 Å². The van der Waals surface area contributed by atoms with Gasteiger partial charge in [0, 0.05) is 41.8 Å². The average molecular weight is 410 g/mol. The van der Waals surface area contributed by atoms with Crippen molar-refractivity contribution in [1.29, 1.82) is 0 Å². The van der Waals surface area contributed by atoms with Crippen LogP contribution in [0.2, 0.25) is 0 Å². The molecule has 4 N–H and O–H groups in total. The molecule has 0 radical (unpaired) electrons. The summed E-state index contributed by atoms with van der Waals surface area (Å²) in [6.07, 6.45) is 12.8. The molecule has 5 aromatic heterocycles. The van der Waals surface area contributed by atoms with Gasteiger partial charge in [-0.2, -0.15) is 5.10 Å². The lowest BCUT2D eigenvalue weighted by atomic mass is 10.1. The highest BCUT2D eigenvalue weighted by Gasteiger charge is 2.18. The number of hydrogen-bond acceptors (Lipinski definition) is 6. The first-order valence-corrected chi connectivity index (χ1v) is 10.5. The second-order valence-corrected chi connectivity index (χ2v) is 8.04. The average Bonchev–Trinajstić information content (AvgIpc) is 3.43. The Morgan fingerprint density at radius 2 is 1.71 bits per heavy atom. The Balaban J connectivity index is 1.46. The lowest BCUT2D eigenvalue weighted by molar-refractivity contribution is 0.578. The minimum atomic E-state index is 0.611. The smallest absolute Gasteiger partial charge is 0.116 e. The maximum absolute atomic E-state index is 5.90. The second kappa shape index (κ2) is 7.09. The Kier molecular flexibility index (Phi) is 4.09. The summed E-state index contributed by atoms with van der Waals surface area (Å²) in [5, 5.41) is 9.86. The van der Waals surface area contributed by atoms with Crippen molar-refractivity contribution in [3.05, 3.63) is 49.2 Å². The van der Waals surface area contributed by atoms with Gasteiger partial charge in [0.05, 0.1) is 52.4 Å². The number of aromatic amines is 2. The molecule has 8 nitrogen and oxygen atoms in total. The van der Waals surface area contributed by atoms with Crippen molar-refractivity contribution >= 4 is 33.2 Å². The van der Waals surface area contributed by atoms with E-state index in [2.05, 4.69) is 41.1 Å². The minimum absolute atomic E-state index is 0.611. The normalized spacial score (nSPS) is 14.5. The number of rotatable bonds is 3. The van der Waals surface area contributed by atoms with E-state index in [4.69, 9.17) is 5.73 Å². The van der Waals surface area contributed by atoms with Crippen LogP contribution in [-0.2, 0) is 0 Å². The van der Waals surface area contributed by atoms with Gasteiger partial charge in [-0.3, -0.25) is 20.1 Å². The molecule has 6 heterocycles. The molecule has 5 aromatic rings. The minimum Gasteiger partial charge on any atom is -0.397 e. The van der Waals surface area contributed by atoms with E-state index in [1.165, 1.54) is 30.3 Å². The SMILES string of the molecule is Nc1cncc(-c2cc3c(-c4cc5c(N6CCCCC6)cncc5[nH]4)n[nH]c3cn2)c1. The molecule has 1 fully saturated rings. The van der Waals surface area contributed by atoms with Crippen LogP contribution in [0.4, 0.5) is 11.4 Å². The number of piperidine rings is 1. The molecule has 0 atom stereocenters. The molecule has 1 aliphatic heterocycles. The van der Waals surface area contributed by atoms with Gasteiger partial charge in [0.15, 0.2) is 0 Å². The van der Waals surface area contributed by atoms with Gasteiger partial charge in [0.25, 0.3) is 0 Å². The van der Waals surface area contributed by atoms with E-state index in [1.54, 1.807) is 18.6 Å². The van der Waals surface area contributed by atoms with Crippen LogP contribution in [0.5, 0.6) is 0 Å². The highest BCUT2D eigenvalue weighted by Crippen LogP contribution is 2.34. The Morgan fingerprint density at radius 3 is 2.58 bits per heavy atom. The van der Waals surface area contributed by atoms with Gasteiger partial charge in [-0.05, 0) is 37.5 Å². The third kappa shape index (κ3) is 3.07. The van der Waals surface area contributed by atoms with E-state index in [9.17, 15) is 0 Å². The zero-order valence-electron chi connectivity index (χ0n) is 17.0. The van der Waals surface area contributed by atoms with Crippen LogP contribution in [0.3, 0.4) is 0 Å². The first-order chi connectivity index (χ1) is 15.3. The van der Waals surface area contributed by atoms with Crippen LogP contribution in [-0.4, -0.2) is 43.2 Å².